The predicted octanol–water partition coefficient (Wildman–Crippen LogP) is 1.54. The molecule has 96 valence electrons. The van der Waals surface area contributed by atoms with Gasteiger partial charge in [-0.15, -0.1) is 0 Å². The first-order valence-electron chi connectivity index (χ1n) is 6.67. The van der Waals surface area contributed by atoms with Crippen LogP contribution >= 0.6 is 0 Å². The van der Waals surface area contributed by atoms with E-state index in [4.69, 9.17) is 0 Å². The zero-order valence-electron chi connectivity index (χ0n) is 11.0. The third-order valence-electron chi connectivity index (χ3n) is 3.73. The van der Waals surface area contributed by atoms with Crippen LogP contribution in [0.1, 0.15) is 31.0 Å². The quantitative estimate of drug-likeness (QED) is 0.762. The molecule has 0 saturated carbocycles. The zero-order valence-corrected chi connectivity index (χ0v) is 11.0. The number of rotatable bonds is 5. The van der Waals surface area contributed by atoms with Gasteiger partial charge >= 0.3 is 0 Å². The number of aryl methyl sites for hydroxylation is 1. The highest BCUT2D eigenvalue weighted by Gasteiger charge is 2.14. The summed E-state index contributed by atoms with van der Waals surface area (Å²) < 4.78 is 0. The molecule has 1 aliphatic rings. The molecule has 0 atom stereocenters. The number of H-pyrrole nitrogens is 1. The summed E-state index contributed by atoms with van der Waals surface area (Å²) in [4.78, 5) is 2.56. The van der Waals surface area contributed by atoms with E-state index in [0.29, 0.717) is 0 Å². The number of hydrogen-bond donors (Lipinski definition) is 2. The lowest BCUT2D eigenvalue weighted by molar-refractivity contribution is 0.193. The van der Waals surface area contributed by atoms with Crippen molar-refractivity contribution in [2.75, 3.05) is 26.2 Å². The molecule has 1 aromatic rings. The van der Waals surface area contributed by atoms with Gasteiger partial charge in [-0.2, -0.15) is 5.10 Å². The van der Waals surface area contributed by atoms with Crippen molar-refractivity contribution >= 4 is 0 Å². The summed E-state index contributed by atoms with van der Waals surface area (Å²) in [5, 5.41) is 10.5. The number of nitrogens with one attached hydrogen (secondary N) is 2. The normalized spacial score (nSPS) is 18.7. The summed E-state index contributed by atoms with van der Waals surface area (Å²) in [6.07, 6.45) is 4.63. The van der Waals surface area contributed by atoms with Crippen LogP contribution in [0.3, 0.4) is 0 Å². The Kier molecular flexibility index (Phi) is 4.57. The Bertz CT molecular complexity index is 326. The second kappa shape index (κ2) is 6.17. The highest BCUT2D eigenvalue weighted by atomic mass is 15.1. The van der Waals surface area contributed by atoms with Crippen LogP contribution in [0.4, 0.5) is 0 Å². The molecule has 0 spiro atoms. The molecule has 1 saturated heterocycles. The van der Waals surface area contributed by atoms with Gasteiger partial charge in [0.15, 0.2) is 0 Å². The summed E-state index contributed by atoms with van der Waals surface area (Å²) in [5.41, 5.74) is 2.45. The van der Waals surface area contributed by atoms with Gasteiger partial charge in [0.1, 0.15) is 0 Å². The highest BCUT2D eigenvalue weighted by Crippen LogP contribution is 2.15. The molecule has 1 aliphatic heterocycles. The molecular weight excluding hydrogens is 212 g/mol. The first-order chi connectivity index (χ1) is 8.25. The lowest BCUT2D eigenvalue weighted by Gasteiger charge is -2.30. The minimum Gasteiger partial charge on any atom is -0.311 e. The lowest BCUT2D eigenvalue weighted by Crippen LogP contribution is -2.37. The van der Waals surface area contributed by atoms with Gasteiger partial charge in [-0.3, -0.25) is 5.10 Å². The molecule has 4 heteroatoms. The van der Waals surface area contributed by atoms with Gasteiger partial charge in [-0.1, -0.05) is 6.92 Å². The topological polar surface area (TPSA) is 44.0 Å². The van der Waals surface area contributed by atoms with E-state index in [1.807, 2.05) is 6.20 Å². The molecule has 17 heavy (non-hydrogen) atoms. The Morgan fingerprint density at radius 3 is 2.88 bits per heavy atom. The van der Waals surface area contributed by atoms with Crippen LogP contribution in [0.15, 0.2) is 6.20 Å². The van der Waals surface area contributed by atoms with Crippen LogP contribution in [0.5, 0.6) is 0 Å². The summed E-state index contributed by atoms with van der Waals surface area (Å²) >= 11 is 0. The van der Waals surface area contributed by atoms with Crippen LogP contribution in [-0.4, -0.2) is 41.3 Å². The molecule has 0 radical (unpaired) electrons. The smallest absolute Gasteiger partial charge is 0.0535 e. The van der Waals surface area contributed by atoms with Crippen molar-refractivity contribution in [3.05, 3.63) is 17.5 Å². The minimum atomic E-state index is 0.923. The van der Waals surface area contributed by atoms with Crippen molar-refractivity contribution in [3.8, 4) is 0 Å². The van der Waals surface area contributed by atoms with Gasteiger partial charge in [0.25, 0.3) is 0 Å². The molecule has 1 fully saturated rings. The monoisotopic (exact) mass is 236 g/mol. The van der Waals surface area contributed by atoms with Crippen LogP contribution in [0.2, 0.25) is 0 Å². The van der Waals surface area contributed by atoms with E-state index >= 15 is 0 Å². The van der Waals surface area contributed by atoms with Crippen LogP contribution in [-0.2, 0) is 6.54 Å². The Hall–Kier alpha value is -0.870. The Morgan fingerprint density at radius 2 is 2.24 bits per heavy atom. The maximum Gasteiger partial charge on any atom is 0.0535 e. The molecule has 0 bridgehead atoms. The van der Waals surface area contributed by atoms with Crippen LogP contribution in [0, 0.1) is 12.8 Å². The van der Waals surface area contributed by atoms with Gasteiger partial charge in [0.2, 0.25) is 0 Å². The van der Waals surface area contributed by atoms with E-state index in [-0.39, 0.29) is 0 Å². The lowest BCUT2D eigenvalue weighted by atomic mass is 9.99. The number of aromatic amines is 1. The summed E-state index contributed by atoms with van der Waals surface area (Å²) in [7, 11) is 0. The average molecular weight is 236 g/mol. The van der Waals surface area contributed by atoms with Crippen LogP contribution in [0.25, 0.3) is 0 Å². The third kappa shape index (κ3) is 3.82. The van der Waals surface area contributed by atoms with E-state index in [1.54, 1.807) is 0 Å². The molecule has 0 unspecified atom stereocenters. The highest BCUT2D eigenvalue weighted by molar-refractivity contribution is 5.13. The van der Waals surface area contributed by atoms with Gasteiger partial charge in [-0.25, -0.2) is 0 Å². The number of aromatic nitrogens is 2. The average Bonchev–Trinajstić information content (AvgIpc) is 2.73. The molecule has 4 nitrogen and oxygen atoms in total. The Balaban J connectivity index is 1.59. The molecular formula is C13H24N4. The zero-order chi connectivity index (χ0) is 12.1. The molecule has 0 amide bonds. The molecule has 0 aromatic carbocycles. The maximum absolute atomic E-state index is 4.02. The van der Waals surface area contributed by atoms with Gasteiger partial charge < -0.3 is 10.2 Å². The fourth-order valence-corrected chi connectivity index (χ4v) is 2.30. The van der Waals surface area contributed by atoms with Crippen molar-refractivity contribution in [2.24, 2.45) is 5.92 Å². The van der Waals surface area contributed by atoms with Gasteiger partial charge in [0, 0.05) is 30.9 Å². The van der Waals surface area contributed by atoms with Gasteiger partial charge in [0.05, 0.1) is 6.20 Å². The molecule has 0 aliphatic carbocycles. The number of likely N-dealkylation sites (tertiary alicyclic amines) is 1. The summed E-state index contributed by atoms with van der Waals surface area (Å²) in [5.74, 6) is 0.924. The van der Waals surface area contributed by atoms with E-state index in [0.717, 1.165) is 19.0 Å². The Labute approximate surface area is 104 Å². The fraction of sp³-hybridized carbons (Fsp3) is 0.769. The van der Waals surface area contributed by atoms with Crippen molar-refractivity contribution in [1.29, 1.82) is 0 Å². The summed E-state index contributed by atoms with van der Waals surface area (Å²) in [6, 6.07) is 0. The van der Waals surface area contributed by atoms with E-state index in [1.165, 1.54) is 43.7 Å². The van der Waals surface area contributed by atoms with Crippen molar-refractivity contribution in [1.82, 2.24) is 20.4 Å². The largest absolute Gasteiger partial charge is 0.311 e. The second-order valence-electron chi connectivity index (χ2n) is 5.22. The second-order valence-corrected chi connectivity index (χ2v) is 5.22. The minimum absolute atomic E-state index is 0.923. The third-order valence-corrected chi connectivity index (χ3v) is 3.73. The Morgan fingerprint density at radius 1 is 1.47 bits per heavy atom. The van der Waals surface area contributed by atoms with E-state index in [9.17, 15) is 0 Å². The van der Waals surface area contributed by atoms with Crippen molar-refractivity contribution < 1.29 is 0 Å². The van der Waals surface area contributed by atoms with Crippen molar-refractivity contribution in [3.63, 3.8) is 0 Å². The maximum atomic E-state index is 4.02. The molecule has 2 heterocycles. The standard InChI is InChI=1S/C13H24N4/c1-11-3-6-17(7-4-11)8-5-14-9-13-10-15-16-12(13)2/h10-11,14H,3-9H2,1-2H3,(H,15,16). The first kappa shape index (κ1) is 12.6. The number of nitrogens with zero attached hydrogens (tertiary/aromatic N) is 2. The SMILES string of the molecule is Cc1[nH]ncc1CNCCN1CCC(C)CC1. The summed E-state index contributed by atoms with van der Waals surface area (Å²) in [6.45, 7) is 10.1. The van der Waals surface area contributed by atoms with Crippen molar-refractivity contribution in [2.45, 2.75) is 33.2 Å². The predicted molar refractivity (Wildman–Crippen MR) is 69.9 cm³/mol. The first-order valence-corrected chi connectivity index (χ1v) is 6.67. The molecule has 2 rings (SSSR count). The number of hydrogen-bond acceptors (Lipinski definition) is 3. The van der Waals surface area contributed by atoms with E-state index in [2.05, 4.69) is 34.3 Å². The fourth-order valence-electron chi connectivity index (χ4n) is 2.30. The molecule has 2 N–H and O–H groups in total. The number of piperidine rings is 1. The van der Waals surface area contributed by atoms with Crippen LogP contribution < -0.4 is 5.32 Å². The van der Waals surface area contributed by atoms with Gasteiger partial charge in [-0.05, 0) is 38.8 Å². The molecule has 1 aromatic heterocycles. The van der Waals surface area contributed by atoms with E-state index < -0.39 is 0 Å².